The standard InChI is InChI=1S/C26H15N3S.C14H7BrN2S.C13H10.CH4.FH/c1-5-11-22-17(7-1)18-8-2-6-12-23(18)29(22)16-13-14-19-24(15-16)30-26-25(19)27-20-9-3-4-10-21(20)28-26;15-8-5-6-9-12(7-8)18-14-13(9)16-10-3-1-2-4-11(10)17-14;1-3-7-12-10(5-1)9-11-6-2-4-8-13(11)12;;/h1-15H;1-7H;1-8H,9H2;1H4;1H. The lowest BCUT2D eigenvalue weighted by molar-refractivity contribution is 1.11. The fourth-order valence-electron chi connectivity index (χ4n) is 8.66. The number of hydrogen-bond acceptors (Lipinski definition) is 6. The van der Waals surface area contributed by atoms with Gasteiger partial charge in [0.2, 0.25) is 0 Å². The van der Waals surface area contributed by atoms with E-state index in [0.717, 1.165) is 64.7 Å². The van der Waals surface area contributed by atoms with Crippen molar-refractivity contribution in [3.8, 4) is 16.8 Å². The molecule has 1 aliphatic carbocycles. The molecular weight excluding hydrogens is 882 g/mol. The van der Waals surface area contributed by atoms with Crippen LogP contribution in [-0.2, 0) is 6.42 Å². The lowest BCUT2D eigenvalue weighted by Crippen LogP contribution is -1.93. The summed E-state index contributed by atoms with van der Waals surface area (Å²) >= 11 is 6.90. The Morgan fingerprint density at radius 1 is 0.429 bits per heavy atom. The van der Waals surface area contributed by atoms with Crippen molar-refractivity contribution < 1.29 is 4.70 Å². The van der Waals surface area contributed by atoms with Crippen molar-refractivity contribution in [2.24, 2.45) is 0 Å². The minimum Gasteiger partial charge on any atom is -0.309 e. The second kappa shape index (κ2) is 16.4. The molecule has 304 valence electrons. The zero-order valence-corrected chi connectivity index (χ0v) is 36.1. The van der Waals surface area contributed by atoms with Gasteiger partial charge >= 0.3 is 0 Å². The topological polar surface area (TPSA) is 56.5 Å². The maximum Gasteiger partial charge on any atom is 0.143 e. The van der Waals surface area contributed by atoms with Gasteiger partial charge in [-0.25, -0.2) is 19.9 Å². The monoisotopic (exact) mass is 917 g/mol. The highest BCUT2D eigenvalue weighted by Crippen LogP contribution is 2.39. The predicted octanol–water partition coefficient (Wildman–Crippen LogP) is 15.9. The molecule has 5 aromatic heterocycles. The Kier molecular flexibility index (Phi) is 10.5. The van der Waals surface area contributed by atoms with Crippen molar-refractivity contribution in [1.29, 1.82) is 0 Å². The molecule has 0 N–H and O–H groups in total. The second-order valence-corrected chi connectivity index (χ2v) is 18.1. The number of nitrogens with zero attached hydrogens (tertiary/aromatic N) is 5. The predicted molar refractivity (Wildman–Crippen MR) is 271 cm³/mol. The molecule has 0 unspecified atom stereocenters. The van der Waals surface area contributed by atoms with Crippen molar-refractivity contribution in [2.45, 2.75) is 13.8 Å². The minimum absolute atomic E-state index is 0. The maximum absolute atomic E-state index is 4.90. The van der Waals surface area contributed by atoms with Gasteiger partial charge in [-0.2, -0.15) is 0 Å². The number of fused-ring (bicyclic) bond motifs is 14. The molecule has 0 amide bonds. The Morgan fingerprint density at radius 2 is 0.857 bits per heavy atom. The van der Waals surface area contributed by atoms with Gasteiger partial charge in [-0.05, 0) is 95.4 Å². The van der Waals surface area contributed by atoms with Crippen LogP contribution in [0.4, 0.5) is 4.70 Å². The van der Waals surface area contributed by atoms with E-state index in [1.54, 1.807) is 22.7 Å². The van der Waals surface area contributed by atoms with Crippen LogP contribution in [0.5, 0.6) is 0 Å². The first-order chi connectivity index (χ1) is 30.1. The molecule has 5 heterocycles. The first-order valence-corrected chi connectivity index (χ1v) is 22.5. The summed E-state index contributed by atoms with van der Waals surface area (Å²) in [5.74, 6) is 0. The van der Waals surface area contributed by atoms with E-state index >= 15 is 0 Å². The van der Waals surface area contributed by atoms with Gasteiger partial charge in [0.1, 0.15) is 20.7 Å². The average molecular weight is 919 g/mol. The number of aromatic nitrogens is 5. The third-order valence-corrected chi connectivity index (χ3v) is 14.0. The van der Waals surface area contributed by atoms with Gasteiger partial charge in [0.05, 0.1) is 33.1 Å². The van der Waals surface area contributed by atoms with Crippen LogP contribution < -0.4 is 0 Å². The fourth-order valence-corrected chi connectivity index (χ4v) is 11.3. The van der Waals surface area contributed by atoms with Gasteiger partial charge in [-0.1, -0.05) is 139 Å². The summed E-state index contributed by atoms with van der Waals surface area (Å²) in [5, 5.41) is 4.90. The highest BCUT2D eigenvalue weighted by atomic mass is 79.9. The van der Waals surface area contributed by atoms with Crippen LogP contribution in [0, 0.1) is 0 Å². The molecule has 1 aliphatic rings. The summed E-state index contributed by atoms with van der Waals surface area (Å²) in [7, 11) is 0. The van der Waals surface area contributed by atoms with E-state index in [2.05, 4.69) is 153 Å². The molecule has 13 aromatic rings. The summed E-state index contributed by atoms with van der Waals surface area (Å²) in [4.78, 5) is 21.2. The van der Waals surface area contributed by atoms with Crippen molar-refractivity contribution in [3.05, 3.63) is 198 Å². The molecule has 9 heteroatoms. The summed E-state index contributed by atoms with van der Waals surface area (Å²) in [6.45, 7) is 0. The molecule has 0 radical (unpaired) electrons. The Bertz CT molecular complexity index is 3760. The zero-order chi connectivity index (χ0) is 40.4. The van der Waals surface area contributed by atoms with Crippen LogP contribution in [0.1, 0.15) is 18.6 Å². The number of thiophene rings is 2. The largest absolute Gasteiger partial charge is 0.309 e. The SMILES string of the molecule is Brc1ccc2c(c1)sc1nc3ccccc3nc12.C.F.c1ccc2c(c1)Cc1ccccc1-2.c1ccc2nc3c(nc2c1)sc1cc(-n2c4ccccc4c4ccccc42)ccc13. The quantitative estimate of drug-likeness (QED) is 0.165. The summed E-state index contributed by atoms with van der Waals surface area (Å²) in [5.41, 5.74) is 15.1. The lowest BCUT2D eigenvalue weighted by atomic mass is 10.1. The molecular formula is C54H37BrFN5S2. The maximum atomic E-state index is 4.90. The molecule has 0 saturated heterocycles. The van der Waals surface area contributed by atoms with Crippen LogP contribution in [0.2, 0.25) is 0 Å². The average Bonchev–Trinajstić information content (AvgIpc) is 4.06. The van der Waals surface area contributed by atoms with Crippen molar-refractivity contribution in [1.82, 2.24) is 24.5 Å². The van der Waals surface area contributed by atoms with Crippen LogP contribution in [0.3, 0.4) is 0 Å². The molecule has 0 spiro atoms. The Morgan fingerprint density at radius 3 is 1.40 bits per heavy atom. The van der Waals surface area contributed by atoms with Crippen molar-refractivity contribution in [2.75, 3.05) is 0 Å². The molecule has 0 saturated carbocycles. The van der Waals surface area contributed by atoms with Crippen molar-refractivity contribution >= 4 is 123 Å². The summed E-state index contributed by atoms with van der Waals surface area (Å²) < 4.78 is 5.87. The molecule has 5 nitrogen and oxygen atoms in total. The van der Waals surface area contributed by atoms with Crippen LogP contribution >= 0.6 is 38.6 Å². The molecule has 0 fully saturated rings. The molecule has 14 rings (SSSR count). The summed E-state index contributed by atoms with van der Waals surface area (Å²) in [6, 6.07) is 63.5. The van der Waals surface area contributed by atoms with E-state index < -0.39 is 0 Å². The molecule has 63 heavy (non-hydrogen) atoms. The Labute approximate surface area is 378 Å². The first-order valence-electron chi connectivity index (χ1n) is 20.1. The number of para-hydroxylation sites is 6. The zero-order valence-electron chi connectivity index (χ0n) is 32.9. The van der Waals surface area contributed by atoms with Gasteiger partial charge in [0, 0.05) is 41.1 Å². The number of halogens is 2. The van der Waals surface area contributed by atoms with Gasteiger partial charge in [0.25, 0.3) is 0 Å². The van der Waals surface area contributed by atoms with Gasteiger partial charge in [-0.3, -0.25) is 4.70 Å². The third-order valence-electron chi connectivity index (χ3n) is 11.5. The normalized spacial score (nSPS) is 11.6. The molecule has 0 atom stereocenters. The molecule has 0 bridgehead atoms. The number of hydrogen-bond donors (Lipinski definition) is 0. The smallest absolute Gasteiger partial charge is 0.143 e. The van der Waals surface area contributed by atoms with E-state index in [1.807, 2.05) is 54.6 Å². The van der Waals surface area contributed by atoms with Gasteiger partial charge in [0.15, 0.2) is 0 Å². The van der Waals surface area contributed by atoms with E-state index in [-0.39, 0.29) is 12.1 Å². The highest BCUT2D eigenvalue weighted by Gasteiger charge is 2.17. The fraction of sp³-hybridized carbons (Fsp3) is 0.0370. The second-order valence-electron chi connectivity index (χ2n) is 15.1. The Hall–Kier alpha value is -6.91. The van der Waals surface area contributed by atoms with Crippen LogP contribution in [0.15, 0.2) is 186 Å². The van der Waals surface area contributed by atoms with Crippen molar-refractivity contribution in [3.63, 3.8) is 0 Å². The van der Waals surface area contributed by atoms with E-state index in [1.165, 1.54) is 58.8 Å². The number of rotatable bonds is 1. The van der Waals surface area contributed by atoms with E-state index in [9.17, 15) is 0 Å². The third kappa shape index (κ3) is 6.99. The number of benzene rings is 8. The van der Waals surface area contributed by atoms with Gasteiger partial charge < -0.3 is 4.57 Å². The van der Waals surface area contributed by atoms with Crippen LogP contribution in [-0.4, -0.2) is 24.5 Å². The first kappa shape index (κ1) is 40.2. The van der Waals surface area contributed by atoms with E-state index in [4.69, 9.17) is 15.0 Å². The van der Waals surface area contributed by atoms with Crippen LogP contribution in [0.25, 0.3) is 102 Å². The molecule has 8 aromatic carbocycles. The van der Waals surface area contributed by atoms with Gasteiger partial charge in [-0.15, -0.1) is 22.7 Å². The lowest BCUT2D eigenvalue weighted by Gasteiger charge is -2.08. The highest BCUT2D eigenvalue weighted by molar-refractivity contribution is 9.10. The van der Waals surface area contributed by atoms with E-state index in [0.29, 0.717) is 0 Å². The minimum atomic E-state index is 0. The molecule has 0 aliphatic heterocycles. The summed E-state index contributed by atoms with van der Waals surface area (Å²) in [6.07, 6.45) is 1.10. The Balaban J connectivity index is 0.000000122.